The third-order valence-corrected chi connectivity index (χ3v) is 2.80. The summed E-state index contributed by atoms with van der Waals surface area (Å²) in [5.41, 5.74) is -0.0389. The normalized spacial score (nSPS) is 11.3. The first-order valence-corrected chi connectivity index (χ1v) is 6.81. The van der Waals surface area contributed by atoms with Crippen LogP contribution in [0, 0.1) is 0 Å². The molecule has 0 saturated carbocycles. The minimum atomic E-state index is -1.09. The Morgan fingerprint density at radius 1 is 1.06 bits per heavy atom. The second-order valence-electron chi connectivity index (χ2n) is 4.43. The van der Waals surface area contributed by atoms with Gasteiger partial charge in [0, 0.05) is 6.42 Å². The SMILES string of the molecule is CC=C(NC(=O)CCCCCCCCC)C(=O)O. The van der Waals surface area contributed by atoms with E-state index >= 15 is 0 Å². The quantitative estimate of drug-likeness (QED) is 0.465. The van der Waals surface area contributed by atoms with E-state index in [4.69, 9.17) is 5.11 Å². The summed E-state index contributed by atoms with van der Waals surface area (Å²) >= 11 is 0. The lowest BCUT2D eigenvalue weighted by molar-refractivity contribution is -0.134. The Labute approximate surface area is 109 Å². The molecule has 0 unspecified atom stereocenters. The summed E-state index contributed by atoms with van der Waals surface area (Å²) in [4.78, 5) is 22.1. The second kappa shape index (κ2) is 10.8. The number of allylic oxidation sites excluding steroid dienone is 1. The van der Waals surface area contributed by atoms with Crippen LogP contribution in [-0.2, 0) is 9.59 Å². The van der Waals surface area contributed by atoms with Crippen LogP contribution < -0.4 is 5.32 Å². The number of amides is 1. The van der Waals surface area contributed by atoms with Crippen molar-refractivity contribution in [2.24, 2.45) is 0 Å². The van der Waals surface area contributed by atoms with Gasteiger partial charge in [-0.2, -0.15) is 0 Å². The number of carbonyl (C=O) groups excluding carboxylic acids is 1. The molecule has 0 saturated heterocycles. The Kier molecular flexibility index (Phi) is 10.0. The molecule has 0 aliphatic rings. The van der Waals surface area contributed by atoms with Crippen LogP contribution in [0.25, 0.3) is 0 Å². The molecule has 0 aliphatic carbocycles. The molecule has 0 aromatic heterocycles. The molecular formula is C14H25NO3. The highest BCUT2D eigenvalue weighted by Gasteiger charge is 2.09. The minimum absolute atomic E-state index is 0.0389. The third-order valence-electron chi connectivity index (χ3n) is 2.80. The highest BCUT2D eigenvalue weighted by atomic mass is 16.4. The number of carboxylic acid groups (broad SMARTS) is 1. The lowest BCUT2D eigenvalue weighted by Crippen LogP contribution is -2.26. The van der Waals surface area contributed by atoms with E-state index in [0.717, 1.165) is 19.3 Å². The molecule has 4 heteroatoms. The largest absolute Gasteiger partial charge is 0.477 e. The molecule has 0 aliphatic heterocycles. The second-order valence-corrected chi connectivity index (χ2v) is 4.43. The Balaban J connectivity index is 3.57. The Morgan fingerprint density at radius 2 is 1.61 bits per heavy atom. The fourth-order valence-electron chi connectivity index (χ4n) is 1.70. The fourth-order valence-corrected chi connectivity index (χ4v) is 1.70. The van der Waals surface area contributed by atoms with Crippen LogP contribution in [0.15, 0.2) is 11.8 Å². The summed E-state index contributed by atoms with van der Waals surface area (Å²) in [5, 5.41) is 11.1. The first-order valence-electron chi connectivity index (χ1n) is 6.81. The molecule has 1 amide bonds. The third kappa shape index (κ3) is 8.79. The molecule has 0 aromatic rings. The molecule has 0 bridgehead atoms. The zero-order valence-electron chi connectivity index (χ0n) is 11.5. The predicted molar refractivity (Wildman–Crippen MR) is 72.1 cm³/mol. The first-order chi connectivity index (χ1) is 8.61. The van der Waals surface area contributed by atoms with Gasteiger partial charge < -0.3 is 10.4 Å². The van der Waals surface area contributed by atoms with E-state index in [9.17, 15) is 9.59 Å². The van der Waals surface area contributed by atoms with Crippen LogP contribution >= 0.6 is 0 Å². The van der Waals surface area contributed by atoms with Crippen molar-refractivity contribution in [2.75, 3.05) is 0 Å². The van der Waals surface area contributed by atoms with Gasteiger partial charge in [-0.3, -0.25) is 4.79 Å². The van der Waals surface area contributed by atoms with Crippen molar-refractivity contribution in [3.63, 3.8) is 0 Å². The van der Waals surface area contributed by atoms with E-state index in [0.29, 0.717) is 6.42 Å². The van der Waals surface area contributed by atoms with Crippen LogP contribution in [0.1, 0.15) is 65.2 Å². The zero-order chi connectivity index (χ0) is 13.8. The van der Waals surface area contributed by atoms with Gasteiger partial charge in [0.15, 0.2) is 0 Å². The van der Waals surface area contributed by atoms with Gasteiger partial charge in [0.2, 0.25) is 5.91 Å². The highest BCUT2D eigenvalue weighted by molar-refractivity contribution is 5.92. The van der Waals surface area contributed by atoms with Gasteiger partial charge in [0.1, 0.15) is 5.70 Å². The van der Waals surface area contributed by atoms with Crippen LogP contribution in [-0.4, -0.2) is 17.0 Å². The molecule has 0 spiro atoms. The van der Waals surface area contributed by atoms with E-state index < -0.39 is 5.97 Å². The van der Waals surface area contributed by atoms with E-state index in [1.54, 1.807) is 6.92 Å². The van der Waals surface area contributed by atoms with Crippen molar-refractivity contribution in [1.29, 1.82) is 0 Å². The van der Waals surface area contributed by atoms with Gasteiger partial charge in [0.25, 0.3) is 0 Å². The lowest BCUT2D eigenvalue weighted by Gasteiger charge is -2.05. The minimum Gasteiger partial charge on any atom is -0.477 e. The monoisotopic (exact) mass is 255 g/mol. The van der Waals surface area contributed by atoms with Crippen molar-refractivity contribution in [3.8, 4) is 0 Å². The van der Waals surface area contributed by atoms with Gasteiger partial charge in [-0.15, -0.1) is 0 Å². The van der Waals surface area contributed by atoms with Crippen LogP contribution in [0.3, 0.4) is 0 Å². The van der Waals surface area contributed by atoms with Crippen molar-refractivity contribution in [3.05, 3.63) is 11.8 Å². The smallest absolute Gasteiger partial charge is 0.352 e. The average Bonchev–Trinajstić information content (AvgIpc) is 2.34. The lowest BCUT2D eigenvalue weighted by atomic mass is 10.1. The van der Waals surface area contributed by atoms with Crippen LogP contribution in [0.2, 0.25) is 0 Å². The summed E-state index contributed by atoms with van der Waals surface area (Å²) in [6.45, 7) is 3.78. The molecule has 0 atom stereocenters. The van der Waals surface area contributed by atoms with E-state index in [2.05, 4.69) is 12.2 Å². The average molecular weight is 255 g/mol. The highest BCUT2D eigenvalue weighted by Crippen LogP contribution is 2.08. The Hall–Kier alpha value is -1.32. The number of unbranched alkanes of at least 4 members (excludes halogenated alkanes) is 6. The number of hydrogen-bond acceptors (Lipinski definition) is 2. The van der Waals surface area contributed by atoms with Gasteiger partial charge in [-0.05, 0) is 13.3 Å². The van der Waals surface area contributed by atoms with Gasteiger partial charge >= 0.3 is 5.97 Å². The summed E-state index contributed by atoms with van der Waals surface area (Å²) in [7, 11) is 0. The van der Waals surface area contributed by atoms with Crippen molar-refractivity contribution < 1.29 is 14.7 Å². The van der Waals surface area contributed by atoms with Crippen LogP contribution in [0.5, 0.6) is 0 Å². The van der Waals surface area contributed by atoms with E-state index in [1.807, 2.05) is 0 Å². The maximum Gasteiger partial charge on any atom is 0.352 e. The maximum atomic E-state index is 11.4. The number of carbonyl (C=O) groups is 2. The molecule has 0 radical (unpaired) electrons. The molecule has 18 heavy (non-hydrogen) atoms. The molecule has 4 nitrogen and oxygen atoms in total. The molecule has 0 fully saturated rings. The molecular weight excluding hydrogens is 230 g/mol. The molecule has 2 N–H and O–H groups in total. The predicted octanol–water partition coefficient (Wildman–Crippen LogP) is 3.23. The summed E-state index contributed by atoms with van der Waals surface area (Å²) in [6, 6.07) is 0. The Morgan fingerprint density at radius 3 is 2.11 bits per heavy atom. The number of aliphatic carboxylic acids is 1. The van der Waals surface area contributed by atoms with Crippen molar-refractivity contribution >= 4 is 11.9 Å². The first kappa shape index (κ1) is 16.7. The standard InChI is InChI=1S/C14H25NO3/c1-3-5-6-7-8-9-10-11-13(16)15-12(4-2)14(17)18/h4H,3,5-11H2,1-2H3,(H,15,16)(H,17,18). The number of hydrogen-bond donors (Lipinski definition) is 2. The number of carboxylic acids is 1. The molecule has 0 aromatic carbocycles. The molecule has 0 rings (SSSR count). The number of rotatable bonds is 10. The van der Waals surface area contributed by atoms with Gasteiger partial charge in [0.05, 0.1) is 0 Å². The topological polar surface area (TPSA) is 66.4 Å². The number of nitrogens with one attached hydrogen (secondary N) is 1. The molecule has 0 heterocycles. The summed E-state index contributed by atoms with van der Waals surface area (Å²) < 4.78 is 0. The fraction of sp³-hybridized carbons (Fsp3) is 0.714. The summed E-state index contributed by atoms with van der Waals surface area (Å²) in [5.74, 6) is -1.30. The van der Waals surface area contributed by atoms with Crippen molar-refractivity contribution in [2.45, 2.75) is 65.2 Å². The maximum absolute atomic E-state index is 11.4. The van der Waals surface area contributed by atoms with Gasteiger partial charge in [-0.1, -0.05) is 51.5 Å². The van der Waals surface area contributed by atoms with E-state index in [-0.39, 0.29) is 11.6 Å². The Bertz CT molecular complexity index is 285. The zero-order valence-corrected chi connectivity index (χ0v) is 11.5. The summed E-state index contributed by atoms with van der Waals surface area (Å²) in [6.07, 6.45) is 9.83. The molecule has 104 valence electrons. The van der Waals surface area contributed by atoms with Gasteiger partial charge in [-0.25, -0.2) is 4.79 Å². The van der Waals surface area contributed by atoms with Crippen molar-refractivity contribution in [1.82, 2.24) is 5.32 Å². The van der Waals surface area contributed by atoms with Crippen LogP contribution in [0.4, 0.5) is 0 Å². The van der Waals surface area contributed by atoms with E-state index in [1.165, 1.54) is 31.8 Å².